The lowest BCUT2D eigenvalue weighted by atomic mass is 10.0. The van der Waals surface area contributed by atoms with E-state index in [9.17, 15) is 4.79 Å². The van der Waals surface area contributed by atoms with Gasteiger partial charge in [0.2, 0.25) is 0 Å². The van der Waals surface area contributed by atoms with Crippen molar-refractivity contribution >= 4 is 28.3 Å². The zero-order chi connectivity index (χ0) is 22.7. The first-order valence-corrected chi connectivity index (χ1v) is 10.7. The molecule has 9 nitrogen and oxygen atoms in total. The van der Waals surface area contributed by atoms with Crippen LogP contribution in [0.3, 0.4) is 0 Å². The number of amides is 1. The normalized spacial score (nSPS) is 18.4. The molecule has 0 bridgehead atoms. The average Bonchev–Trinajstić information content (AvgIpc) is 2.77. The molecule has 0 spiro atoms. The highest BCUT2D eigenvalue weighted by Gasteiger charge is 2.24. The van der Waals surface area contributed by atoms with Gasteiger partial charge in [0.25, 0.3) is 5.91 Å². The van der Waals surface area contributed by atoms with Crippen molar-refractivity contribution in [2.24, 2.45) is 0 Å². The number of hydrogen-bond donors (Lipinski definition) is 2. The second-order valence-corrected chi connectivity index (χ2v) is 7.89. The van der Waals surface area contributed by atoms with Crippen molar-refractivity contribution in [2.45, 2.75) is 32.9 Å². The Labute approximate surface area is 187 Å². The lowest BCUT2D eigenvalue weighted by molar-refractivity contribution is 0.102. The summed E-state index contributed by atoms with van der Waals surface area (Å²) in [5.74, 6) is 0.735. The van der Waals surface area contributed by atoms with Crippen LogP contribution in [0.2, 0.25) is 0 Å². The number of rotatable bonds is 6. The molecule has 0 radical (unpaired) electrons. The van der Waals surface area contributed by atoms with Crippen LogP contribution in [0.5, 0.6) is 11.8 Å². The second kappa shape index (κ2) is 9.35. The average molecular weight is 437 g/mol. The van der Waals surface area contributed by atoms with Gasteiger partial charge >= 0.3 is 6.01 Å². The molecule has 3 aromatic rings. The van der Waals surface area contributed by atoms with E-state index in [1.807, 2.05) is 13.0 Å². The molecule has 1 saturated heterocycles. The number of pyridine rings is 1. The van der Waals surface area contributed by atoms with Gasteiger partial charge < -0.3 is 25.0 Å². The van der Waals surface area contributed by atoms with Gasteiger partial charge in [-0.25, -0.2) is 9.97 Å². The number of aromatic nitrogens is 3. The topological polar surface area (TPSA) is 102 Å². The third-order valence-corrected chi connectivity index (χ3v) is 5.32. The van der Waals surface area contributed by atoms with Gasteiger partial charge in [0.1, 0.15) is 11.6 Å². The van der Waals surface area contributed by atoms with Crippen LogP contribution in [-0.2, 0) is 0 Å². The highest BCUT2D eigenvalue weighted by Crippen LogP contribution is 2.31. The number of piperazine rings is 1. The van der Waals surface area contributed by atoms with Crippen molar-refractivity contribution in [3.05, 3.63) is 42.2 Å². The Bertz CT molecular complexity index is 1110. The van der Waals surface area contributed by atoms with E-state index in [-0.39, 0.29) is 11.9 Å². The number of hydrogen-bond acceptors (Lipinski definition) is 8. The molecular weight excluding hydrogens is 408 g/mol. The summed E-state index contributed by atoms with van der Waals surface area (Å²) in [5.41, 5.74) is 1.95. The number of fused-ring (bicyclic) bond motifs is 1. The standard InChI is InChI=1S/C23H28N6O3/c1-5-32-16-8-9-24-20(10-16)27-22(30)17-6-7-19(29-12-14(2)26-15(3)13-29)18-11-25-23(31-4)28-21(17)18/h6-11,14-15,26H,5,12-13H2,1-4H3,(H,24,27,30)/t14-,15-/m0/s1. The van der Waals surface area contributed by atoms with Crippen LogP contribution >= 0.6 is 0 Å². The summed E-state index contributed by atoms with van der Waals surface area (Å²) in [7, 11) is 1.51. The summed E-state index contributed by atoms with van der Waals surface area (Å²) < 4.78 is 10.7. The first kappa shape index (κ1) is 21.8. The summed E-state index contributed by atoms with van der Waals surface area (Å²) in [4.78, 5) is 28.5. The van der Waals surface area contributed by atoms with Crippen LogP contribution in [-0.4, -0.2) is 59.7 Å². The Kier molecular flexibility index (Phi) is 6.36. The minimum absolute atomic E-state index is 0.210. The highest BCUT2D eigenvalue weighted by atomic mass is 16.5. The summed E-state index contributed by atoms with van der Waals surface area (Å²) in [6, 6.07) is 8.10. The van der Waals surface area contributed by atoms with Crippen molar-refractivity contribution in [2.75, 3.05) is 37.0 Å². The van der Waals surface area contributed by atoms with E-state index >= 15 is 0 Å². The summed E-state index contributed by atoms with van der Waals surface area (Å²) in [6.45, 7) is 8.46. The smallest absolute Gasteiger partial charge is 0.316 e. The molecule has 3 heterocycles. The fourth-order valence-electron chi connectivity index (χ4n) is 4.09. The van der Waals surface area contributed by atoms with E-state index in [1.165, 1.54) is 7.11 Å². The number of ether oxygens (including phenoxy) is 2. The van der Waals surface area contributed by atoms with Gasteiger partial charge in [-0.1, -0.05) is 0 Å². The molecule has 1 aliphatic heterocycles. The lowest BCUT2D eigenvalue weighted by Crippen LogP contribution is -2.54. The van der Waals surface area contributed by atoms with Gasteiger partial charge in [0.05, 0.1) is 24.8 Å². The van der Waals surface area contributed by atoms with Crippen LogP contribution in [0.15, 0.2) is 36.7 Å². The zero-order valence-electron chi connectivity index (χ0n) is 18.8. The van der Waals surface area contributed by atoms with Gasteiger partial charge in [-0.15, -0.1) is 0 Å². The molecule has 1 amide bonds. The van der Waals surface area contributed by atoms with Crippen molar-refractivity contribution in [1.82, 2.24) is 20.3 Å². The van der Waals surface area contributed by atoms with Crippen LogP contribution < -0.4 is 25.0 Å². The number of anilines is 2. The molecule has 32 heavy (non-hydrogen) atoms. The number of carbonyl (C=O) groups is 1. The summed E-state index contributed by atoms with van der Waals surface area (Å²) in [5, 5.41) is 7.19. The predicted octanol–water partition coefficient (Wildman–Crippen LogP) is 2.87. The summed E-state index contributed by atoms with van der Waals surface area (Å²) in [6.07, 6.45) is 3.32. The van der Waals surface area contributed by atoms with Crippen LogP contribution in [0.25, 0.3) is 10.9 Å². The number of nitrogens with zero attached hydrogens (tertiary/aromatic N) is 4. The van der Waals surface area contributed by atoms with Crippen molar-refractivity contribution in [3.8, 4) is 11.8 Å². The Balaban J connectivity index is 1.71. The number of methoxy groups -OCH3 is 1. The Morgan fingerprint density at radius 2 is 2.00 bits per heavy atom. The molecule has 0 aliphatic carbocycles. The van der Waals surface area contributed by atoms with Gasteiger partial charge in [0.15, 0.2) is 0 Å². The fraction of sp³-hybridized carbons (Fsp3) is 0.391. The molecule has 168 valence electrons. The minimum atomic E-state index is -0.314. The molecule has 0 saturated carbocycles. The molecule has 2 atom stereocenters. The van der Waals surface area contributed by atoms with E-state index in [4.69, 9.17) is 9.47 Å². The largest absolute Gasteiger partial charge is 0.494 e. The number of carbonyl (C=O) groups excluding carboxylic acids is 1. The first-order chi connectivity index (χ1) is 15.5. The molecule has 1 fully saturated rings. The van der Waals surface area contributed by atoms with E-state index in [0.29, 0.717) is 41.3 Å². The second-order valence-electron chi connectivity index (χ2n) is 7.89. The maximum absolute atomic E-state index is 13.2. The Hall–Kier alpha value is -3.46. The van der Waals surface area contributed by atoms with Crippen LogP contribution in [0.1, 0.15) is 31.1 Å². The van der Waals surface area contributed by atoms with Crippen LogP contribution in [0, 0.1) is 0 Å². The third-order valence-electron chi connectivity index (χ3n) is 5.32. The van der Waals surface area contributed by atoms with Crippen LogP contribution in [0.4, 0.5) is 11.5 Å². The maximum Gasteiger partial charge on any atom is 0.316 e. The fourth-order valence-corrected chi connectivity index (χ4v) is 4.09. The number of nitrogens with one attached hydrogen (secondary N) is 2. The Morgan fingerprint density at radius 3 is 2.72 bits per heavy atom. The molecular formula is C23H28N6O3. The van der Waals surface area contributed by atoms with Gasteiger partial charge in [-0.05, 0) is 39.0 Å². The van der Waals surface area contributed by atoms with E-state index in [2.05, 4.69) is 44.3 Å². The van der Waals surface area contributed by atoms with E-state index in [0.717, 1.165) is 24.2 Å². The molecule has 4 rings (SSSR count). The quantitative estimate of drug-likeness (QED) is 0.608. The van der Waals surface area contributed by atoms with E-state index in [1.54, 1.807) is 30.6 Å². The molecule has 2 aromatic heterocycles. The monoisotopic (exact) mass is 436 g/mol. The molecule has 1 aromatic carbocycles. The van der Waals surface area contributed by atoms with Gasteiger partial charge in [-0.3, -0.25) is 4.79 Å². The SMILES string of the molecule is CCOc1ccnc(NC(=O)c2ccc(N3C[C@H](C)N[C@@H](C)C3)c3cnc(OC)nc23)c1. The van der Waals surface area contributed by atoms with E-state index < -0.39 is 0 Å². The minimum Gasteiger partial charge on any atom is -0.494 e. The molecule has 1 aliphatic rings. The van der Waals surface area contributed by atoms with Gasteiger partial charge in [-0.2, -0.15) is 4.98 Å². The first-order valence-electron chi connectivity index (χ1n) is 10.7. The lowest BCUT2D eigenvalue weighted by Gasteiger charge is -2.38. The van der Waals surface area contributed by atoms with Crippen molar-refractivity contribution < 1.29 is 14.3 Å². The number of benzene rings is 1. The van der Waals surface area contributed by atoms with Crippen molar-refractivity contribution in [3.63, 3.8) is 0 Å². The predicted molar refractivity (Wildman–Crippen MR) is 124 cm³/mol. The van der Waals surface area contributed by atoms with Crippen molar-refractivity contribution in [1.29, 1.82) is 0 Å². The summed E-state index contributed by atoms with van der Waals surface area (Å²) >= 11 is 0. The maximum atomic E-state index is 13.2. The zero-order valence-corrected chi connectivity index (χ0v) is 18.8. The highest BCUT2D eigenvalue weighted by molar-refractivity contribution is 6.13. The molecule has 9 heteroatoms. The molecule has 0 unspecified atom stereocenters. The Morgan fingerprint density at radius 1 is 1.22 bits per heavy atom. The molecule has 2 N–H and O–H groups in total. The van der Waals surface area contributed by atoms with Gasteiger partial charge in [0, 0.05) is 54.7 Å². The third kappa shape index (κ3) is 4.57.